The van der Waals surface area contributed by atoms with Gasteiger partial charge in [0.05, 0.1) is 48.9 Å². The fourth-order valence-corrected chi connectivity index (χ4v) is 2.96. The maximum atomic E-state index is 13.4. The van der Waals surface area contributed by atoms with Crippen molar-refractivity contribution in [3.63, 3.8) is 0 Å². The molecule has 0 fully saturated rings. The number of aromatic nitrogens is 5. The van der Waals surface area contributed by atoms with Crippen LogP contribution in [0.5, 0.6) is 17.5 Å². The van der Waals surface area contributed by atoms with Gasteiger partial charge in [-0.25, -0.2) is 14.6 Å². The summed E-state index contributed by atoms with van der Waals surface area (Å²) in [5.41, 5.74) is 2.05. The van der Waals surface area contributed by atoms with Crippen molar-refractivity contribution in [2.24, 2.45) is 0 Å². The lowest BCUT2D eigenvalue weighted by Crippen LogP contribution is -2.18. The van der Waals surface area contributed by atoms with Crippen molar-refractivity contribution in [3.8, 4) is 34.5 Å². The van der Waals surface area contributed by atoms with Gasteiger partial charge in [-0.3, -0.25) is 4.57 Å². The molecule has 0 aromatic carbocycles. The second-order valence-electron chi connectivity index (χ2n) is 6.37. The molecule has 10 heteroatoms. The van der Waals surface area contributed by atoms with E-state index in [1.807, 2.05) is 0 Å². The molecule has 0 atom stereocenters. The van der Waals surface area contributed by atoms with Crippen LogP contribution in [0.3, 0.4) is 0 Å². The van der Waals surface area contributed by atoms with Crippen LogP contribution in [-0.4, -0.2) is 43.6 Å². The number of aromatic hydroxyl groups is 1. The summed E-state index contributed by atoms with van der Waals surface area (Å²) in [7, 11) is 3.01. The average molecular weight is 401 g/mol. The third-order valence-corrected chi connectivity index (χ3v) is 4.42. The van der Waals surface area contributed by atoms with E-state index in [4.69, 9.17) is 9.47 Å². The Morgan fingerprint density at radius 3 is 2.55 bits per heavy atom. The Labute approximate surface area is 164 Å². The number of nitrogens with zero attached hydrogens (tertiary/aromatic N) is 5. The monoisotopic (exact) mass is 401 g/mol. The maximum absolute atomic E-state index is 13.4. The minimum Gasteiger partial charge on any atom is -0.494 e. The van der Waals surface area contributed by atoms with Gasteiger partial charge in [-0.05, 0) is 18.2 Å². The van der Waals surface area contributed by atoms with Gasteiger partial charge in [0.25, 0.3) is 5.88 Å². The van der Waals surface area contributed by atoms with E-state index in [2.05, 4.69) is 15.1 Å². The van der Waals surface area contributed by atoms with Crippen molar-refractivity contribution in [1.29, 1.82) is 0 Å². The molecule has 0 spiro atoms. The third kappa shape index (κ3) is 3.22. The van der Waals surface area contributed by atoms with Gasteiger partial charge in [-0.1, -0.05) is 0 Å². The molecule has 150 valence electrons. The van der Waals surface area contributed by atoms with Gasteiger partial charge in [0.15, 0.2) is 5.75 Å². The van der Waals surface area contributed by atoms with Crippen LogP contribution >= 0.6 is 0 Å². The minimum absolute atomic E-state index is 0.122. The van der Waals surface area contributed by atoms with E-state index in [1.165, 1.54) is 25.0 Å². The Hall–Kier alpha value is -3.69. The predicted octanol–water partition coefficient (Wildman–Crippen LogP) is 3.58. The molecule has 1 N–H and O–H groups in total. The zero-order valence-corrected chi connectivity index (χ0v) is 15.8. The normalized spacial score (nSPS) is 11.8. The highest BCUT2D eigenvalue weighted by Crippen LogP contribution is 2.33. The zero-order chi connectivity index (χ0) is 20.8. The molecule has 4 heterocycles. The highest BCUT2D eigenvalue weighted by Gasteiger charge is 2.25. The van der Waals surface area contributed by atoms with Gasteiger partial charge in [0, 0.05) is 24.9 Å². The first-order chi connectivity index (χ1) is 13.8. The number of methoxy groups -OCH3 is 2. The number of halogens is 2. The van der Waals surface area contributed by atoms with E-state index in [-0.39, 0.29) is 11.6 Å². The molecule has 4 aromatic heterocycles. The molecule has 0 amide bonds. The largest absolute Gasteiger partial charge is 0.494 e. The summed E-state index contributed by atoms with van der Waals surface area (Å²) < 4.78 is 39.2. The predicted molar refractivity (Wildman–Crippen MR) is 101 cm³/mol. The smallest absolute Gasteiger partial charge is 0.340 e. The van der Waals surface area contributed by atoms with Crippen molar-refractivity contribution in [2.75, 3.05) is 14.2 Å². The summed E-state index contributed by atoms with van der Waals surface area (Å²) in [5, 5.41) is 14.6. The van der Waals surface area contributed by atoms with Crippen LogP contribution in [0.15, 0.2) is 43.0 Å². The third-order valence-electron chi connectivity index (χ3n) is 4.42. The molecule has 29 heavy (non-hydrogen) atoms. The highest BCUT2D eigenvalue weighted by atomic mass is 19.3. The first-order valence-corrected chi connectivity index (χ1v) is 8.54. The first-order valence-electron chi connectivity index (χ1n) is 8.54. The highest BCUT2D eigenvalue weighted by molar-refractivity contribution is 5.87. The fraction of sp³-hybridized carbons (Fsp3) is 0.211. The Kier molecular flexibility index (Phi) is 4.33. The van der Waals surface area contributed by atoms with Gasteiger partial charge >= 0.3 is 6.05 Å². The number of pyridine rings is 2. The summed E-state index contributed by atoms with van der Waals surface area (Å²) in [6, 6.07) is 2.01. The second-order valence-corrected chi connectivity index (χ2v) is 6.37. The molecule has 4 aromatic rings. The van der Waals surface area contributed by atoms with Gasteiger partial charge in [-0.15, -0.1) is 0 Å². The van der Waals surface area contributed by atoms with Crippen molar-refractivity contribution in [3.05, 3.63) is 43.0 Å². The van der Waals surface area contributed by atoms with Crippen LogP contribution in [0.4, 0.5) is 8.78 Å². The standard InChI is InChI=1S/C19H17F2N5O3/c1-19(20,21)26-9-12(8-23-26)25-10-15-13(18(25)27)4-5-14(24-15)11-6-16(28-2)17(29-3)22-7-11/h4-10,27H,1-3H3. The molecule has 0 aliphatic rings. The molecule has 0 saturated heterocycles. The number of rotatable bonds is 5. The number of fused-ring (bicyclic) bond motifs is 1. The minimum atomic E-state index is -3.15. The number of alkyl halides is 2. The second kappa shape index (κ2) is 6.73. The molecular formula is C19H17F2N5O3. The number of hydrogen-bond acceptors (Lipinski definition) is 6. The molecule has 4 rings (SSSR count). The SMILES string of the molecule is COc1cc(-c2ccc3c(O)n(-c4cnn(C(C)(F)F)c4)cc3n2)cnc1OC. The van der Waals surface area contributed by atoms with Gasteiger partial charge < -0.3 is 14.6 Å². The lowest BCUT2D eigenvalue weighted by Gasteiger charge is -2.09. The molecular weight excluding hydrogens is 384 g/mol. The molecule has 0 unspecified atom stereocenters. The number of hydrogen-bond donors (Lipinski definition) is 1. The topological polar surface area (TPSA) is 87.2 Å². The Morgan fingerprint density at radius 2 is 1.90 bits per heavy atom. The van der Waals surface area contributed by atoms with Crippen LogP contribution in [0.2, 0.25) is 0 Å². The van der Waals surface area contributed by atoms with Crippen LogP contribution in [0, 0.1) is 0 Å². The Morgan fingerprint density at radius 1 is 1.10 bits per heavy atom. The van der Waals surface area contributed by atoms with Crippen molar-refractivity contribution in [2.45, 2.75) is 13.0 Å². The van der Waals surface area contributed by atoms with E-state index in [9.17, 15) is 13.9 Å². The molecule has 0 aliphatic heterocycles. The molecule has 0 radical (unpaired) electrons. The van der Waals surface area contributed by atoms with E-state index >= 15 is 0 Å². The molecule has 0 aliphatic carbocycles. The van der Waals surface area contributed by atoms with E-state index in [1.54, 1.807) is 30.6 Å². The van der Waals surface area contributed by atoms with Gasteiger partial charge in [-0.2, -0.15) is 13.9 Å². The first kappa shape index (κ1) is 18.7. The lowest BCUT2D eigenvalue weighted by molar-refractivity contribution is -0.0723. The van der Waals surface area contributed by atoms with Gasteiger partial charge in [0.2, 0.25) is 5.88 Å². The molecule has 8 nitrogen and oxygen atoms in total. The average Bonchev–Trinajstić information content (AvgIpc) is 3.32. The zero-order valence-electron chi connectivity index (χ0n) is 15.8. The summed E-state index contributed by atoms with van der Waals surface area (Å²) in [6.07, 6.45) is 5.55. The summed E-state index contributed by atoms with van der Waals surface area (Å²) in [6.45, 7) is 0.737. The summed E-state index contributed by atoms with van der Waals surface area (Å²) in [4.78, 5) is 8.74. The lowest BCUT2D eigenvalue weighted by atomic mass is 10.1. The van der Waals surface area contributed by atoms with Crippen LogP contribution in [0.25, 0.3) is 27.8 Å². The summed E-state index contributed by atoms with van der Waals surface area (Å²) >= 11 is 0. The molecule has 0 bridgehead atoms. The van der Waals surface area contributed by atoms with Crippen molar-refractivity contribution >= 4 is 10.9 Å². The maximum Gasteiger partial charge on any atom is 0.340 e. The van der Waals surface area contributed by atoms with Crippen molar-refractivity contribution in [1.82, 2.24) is 24.3 Å². The van der Waals surface area contributed by atoms with E-state index in [0.29, 0.717) is 38.5 Å². The van der Waals surface area contributed by atoms with Gasteiger partial charge in [0.1, 0.15) is 0 Å². The van der Waals surface area contributed by atoms with Crippen LogP contribution in [0.1, 0.15) is 6.92 Å². The van der Waals surface area contributed by atoms with Crippen LogP contribution < -0.4 is 9.47 Å². The van der Waals surface area contributed by atoms with E-state index < -0.39 is 6.05 Å². The molecule has 0 saturated carbocycles. The summed E-state index contributed by atoms with van der Waals surface area (Å²) in [5.74, 6) is 0.689. The quantitative estimate of drug-likeness (QED) is 0.550. The fourth-order valence-electron chi connectivity index (χ4n) is 2.96. The van der Waals surface area contributed by atoms with Crippen molar-refractivity contribution < 1.29 is 23.4 Å². The van der Waals surface area contributed by atoms with Crippen LogP contribution in [-0.2, 0) is 6.05 Å². The number of ether oxygens (including phenoxy) is 2. The Bertz CT molecular complexity index is 1200. The van der Waals surface area contributed by atoms with E-state index in [0.717, 1.165) is 13.1 Å². The Balaban J connectivity index is 1.77.